The fourth-order valence-electron chi connectivity index (χ4n) is 1.05. The number of anilines is 1. The van der Waals surface area contributed by atoms with Crippen LogP contribution in [0.3, 0.4) is 0 Å². The van der Waals surface area contributed by atoms with Crippen LogP contribution in [0.15, 0.2) is 18.2 Å². The Labute approximate surface area is 81.1 Å². The Hall–Kier alpha value is -1.09. The molecule has 0 aromatic carbocycles. The summed E-state index contributed by atoms with van der Waals surface area (Å²) in [5.41, 5.74) is 0. The first-order chi connectivity index (χ1) is 6.25. The van der Waals surface area contributed by atoms with E-state index in [2.05, 4.69) is 10.3 Å². The van der Waals surface area contributed by atoms with Gasteiger partial charge in [-0.2, -0.15) is 0 Å². The van der Waals surface area contributed by atoms with E-state index < -0.39 is 0 Å². The van der Waals surface area contributed by atoms with Crippen molar-refractivity contribution in [3.05, 3.63) is 23.4 Å². The predicted octanol–water partition coefficient (Wildman–Crippen LogP) is 2.08. The predicted molar refractivity (Wildman–Crippen MR) is 50.6 cm³/mol. The molecular formula is C9H9ClN2O. The van der Waals surface area contributed by atoms with Crippen LogP contribution in [0.5, 0.6) is 0 Å². The number of hydrogen-bond acceptors (Lipinski definition) is 2. The molecule has 3 nitrogen and oxygen atoms in total. The van der Waals surface area contributed by atoms with Crippen molar-refractivity contribution >= 4 is 23.3 Å². The number of pyridine rings is 1. The third-order valence-electron chi connectivity index (χ3n) is 1.91. The molecule has 0 radical (unpaired) electrons. The van der Waals surface area contributed by atoms with Crippen LogP contribution >= 0.6 is 11.6 Å². The maximum absolute atomic E-state index is 11.3. The van der Waals surface area contributed by atoms with Gasteiger partial charge >= 0.3 is 0 Å². The molecule has 1 aromatic rings. The SMILES string of the molecule is O=C(Nc1cccc(Cl)n1)C1CC1. The lowest BCUT2D eigenvalue weighted by Crippen LogP contribution is -2.14. The lowest BCUT2D eigenvalue weighted by Gasteiger charge is -2.02. The number of carbonyl (C=O) groups excluding carboxylic acids is 1. The number of nitrogens with zero attached hydrogens (tertiary/aromatic N) is 1. The molecule has 0 unspecified atom stereocenters. The smallest absolute Gasteiger partial charge is 0.228 e. The average Bonchev–Trinajstić information content (AvgIpc) is 2.85. The van der Waals surface area contributed by atoms with Gasteiger partial charge in [0, 0.05) is 5.92 Å². The second-order valence-electron chi connectivity index (χ2n) is 3.11. The molecule has 1 amide bonds. The minimum absolute atomic E-state index is 0.0507. The maximum atomic E-state index is 11.3. The van der Waals surface area contributed by atoms with E-state index in [1.807, 2.05) is 0 Å². The van der Waals surface area contributed by atoms with Gasteiger partial charge in [0.05, 0.1) is 0 Å². The molecular weight excluding hydrogens is 188 g/mol. The molecule has 1 N–H and O–H groups in total. The van der Waals surface area contributed by atoms with Gasteiger partial charge in [-0.3, -0.25) is 4.79 Å². The molecule has 68 valence electrons. The Morgan fingerprint density at radius 3 is 2.92 bits per heavy atom. The van der Waals surface area contributed by atoms with Gasteiger partial charge in [-0.15, -0.1) is 0 Å². The molecule has 4 heteroatoms. The van der Waals surface area contributed by atoms with E-state index in [4.69, 9.17) is 11.6 Å². The van der Waals surface area contributed by atoms with Crippen LogP contribution in [0.2, 0.25) is 5.15 Å². The fourth-order valence-corrected chi connectivity index (χ4v) is 1.22. The van der Waals surface area contributed by atoms with Crippen LogP contribution in [0.25, 0.3) is 0 Å². The molecule has 0 saturated heterocycles. The molecule has 1 aliphatic carbocycles. The van der Waals surface area contributed by atoms with Crippen molar-refractivity contribution in [1.29, 1.82) is 0 Å². The number of aromatic nitrogens is 1. The van der Waals surface area contributed by atoms with Gasteiger partial charge in [0.2, 0.25) is 5.91 Å². The minimum atomic E-state index is 0.0507. The summed E-state index contributed by atoms with van der Waals surface area (Å²) >= 11 is 5.66. The molecule has 0 atom stereocenters. The van der Waals surface area contributed by atoms with Crippen molar-refractivity contribution < 1.29 is 4.79 Å². The highest BCUT2D eigenvalue weighted by Crippen LogP contribution is 2.29. The highest BCUT2D eigenvalue weighted by molar-refractivity contribution is 6.29. The summed E-state index contributed by atoms with van der Waals surface area (Å²) < 4.78 is 0. The van der Waals surface area contributed by atoms with Crippen LogP contribution in [0, 0.1) is 5.92 Å². The molecule has 1 fully saturated rings. The van der Waals surface area contributed by atoms with Crippen molar-refractivity contribution in [1.82, 2.24) is 4.98 Å². The molecule has 1 saturated carbocycles. The number of carbonyl (C=O) groups is 1. The molecule has 1 aromatic heterocycles. The number of amides is 1. The highest BCUT2D eigenvalue weighted by Gasteiger charge is 2.29. The lowest BCUT2D eigenvalue weighted by atomic mass is 10.4. The van der Waals surface area contributed by atoms with Crippen LogP contribution in [-0.2, 0) is 4.79 Å². The normalized spacial score (nSPS) is 15.5. The first-order valence-corrected chi connectivity index (χ1v) is 4.57. The first-order valence-electron chi connectivity index (χ1n) is 4.19. The Balaban J connectivity index is 2.04. The third-order valence-corrected chi connectivity index (χ3v) is 2.13. The molecule has 0 aliphatic heterocycles. The summed E-state index contributed by atoms with van der Waals surface area (Å²) in [4.78, 5) is 15.2. The summed E-state index contributed by atoms with van der Waals surface area (Å²) in [6.45, 7) is 0. The van der Waals surface area contributed by atoms with E-state index in [0.29, 0.717) is 11.0 Å². The molecule has 0 spiro atoms. The van der Waals surface area contributed by atoms with Gasteiger partial charge in [0.1, 0.15) is 11.0 Å². The first kappa shape index (κ1) is 8.51. The second kappa shape index (κ2) is 3.34. The van der Waals surface area contributed by atoms with Crippen LogP contribution in [0.4, 0.5) is 5.82 Å². The van der Waals surface area contributed by atoms with E-state index in [1.165, 1.54) is 0 Å². The third kappa shape index (κ3) is 2.18. The Bertz CT molecular complexity index is 336. The molecule has 2 rings (SSSR count). The van der Waals surface area contributed by atoms with Crippen molar-refractivity contribution in [2.75, 3.05) is 5.32 Å². The molecule has 0 bridgehead atoms. The van der Waals surface area contributed by atoms with Gasteiger partial charge in [0.15, 0.2) is 0 Å². The van der Waals surface area contributed by atoms with E-state index in [1.54, 1.807) is 18.2 Å². The summed E-state index contributed by atoms with van der Waals surface area (Å²) in [7, 11) is 0. The van der Waals surface area contributed by atoms with E-state index >= 15 is 0 Å². The maximum Gasteiger partial charge on any atom is 0.228 e. The van der Waals surface area contributed by atoms with Gasteiger partial charge in [-0.1, -0.05) is 17.7 Å². The molecule has 1 heterocycles. The highest BCUT2D eigenvalue weighted by atomic mass is 35.5. The zero-order valence-corrected chi connectivity index (χ0v) is 7.71. The van der Waals surface area contributed by atoms with Crippen LogP contribution in [0.1, 0.15) is 12.8 Å². The summed E-state index contributed by atoms with van der Waals surface area (Å²) in [6.07, 6.45) is 1.98. The fraction of sp³-hybridized carbons (Fsp3) is 0.333. The van der Waals surface area contributed by atoms with Crippen molar-refractivity contribution in [2.24, 2.45) is 5.92 Å². The summed E-state index contributed by atoms with van der Waals surface area (Å²) in [5.74, 6) is 0.778. The minimum Gasteiger partial charge on any atom is -0.310 e. The number of nitrogens with one attached hydrogen (secondary N) is 1. The van der Waals surface area contributed by atoms with Crippen molar-refractivity contribution in [3.63, 3.8) is 0 Å². The van der Waals surface area contributed by atoms with Crippen molar-refractivity contribution in [2.45, 2.75) is 12.8 Å². The van der Waals surface area contributed by atoms with Gasteiger partial charge in [-0.05, 0) is 25.0 Å². The largest absolute Gasteiger partial charge is 0.310 e. The van der Waals surface area contributed by atoms with Crippen molar-refractivity contribution in [3.8, 4) is 0 Å². The van der Waals surface area contributed by atoms with Gasteiger partial charge in [-0.25, -0.2) is 4.98 Å². The zero-order valence-electron chi connectivity index (χ0n) is 6.96. The second-order valence-corrected chi connectivity index (χ2v) is 3.50. The van der Waals surface area contributed by atoms with Gasteiger partial charge in [0.25, 0.3) is 0 Å². The van der Waals surface area contributed by atoms with Gasteiger partial charge < -0.3 is 5.32 Å². The van der Waals surface area contributed by atoms with E-state index in [9.17, 15) is 4.79 Å². The van der Waals surface area contributed by atoms with Crippen LogP contribution in [-0.4, -0.2) is 10.9 Å². The summed E-state index contributed by atoms with van der Waals surface area (Å²) in [6, 6.07) is 5.17. The van der Waals surface area contributed by atoms with Crippen LogP contribution < -0.4 is 5.32 Å². The number of hydrogen-bond donors (Lipinski definition) is 1. The Kier molecular flexibility index (Phi) is 2.19. The zero-order chi connectivity index (χ0) is 9.26. The monoisotopic (exact) mass is 196 g/mol. The standard InChI is InChI=1S/C9H9ClN2O/c10-7-2-1-3-8(11-7)12-9(13)6-4-5-6/h1-3,6H,4-5H2,(H,11,12,13). The van der Waals surface area contributed by atoms with E-state index in [0.717, 1.165) is 12.8 Å². The van der Waals surface area contributed by atoms with E-state index in [-0.39, 0.29) is 11.8 Å². The summed E-state index contributed by atoms with van der Waals surface area (Å²) in [5, 5.41) is 3.11. The molecule has 13 heavy (non-hydrogen) atoms. The topological polar surface area (TPSA) is 42.0 Å². The Morgan fingerprint density at radius 2 is 2.31 bits per heavy atom. The average molecular weight is 197 g/mol. The quantitative estimate of drug-likeness (QED) is 0.736. The molecule has 1 aliphatic rings. The number of halogens is 1. The number of rotatable bonds is 2. The Morgan fingerprint density at radius 1 is 1.54 bits per heavy atom. The lowest BCUT2D eigenvalue weighted by molar-refractivity contribution is -0.117.